The molecule has 0 aromatic carbocycles. The number of aliphatic hydroxyl groups is 1. The molecule has 0 amide bonds. The Morgan fingerprint density at radius 1 is 1.21 bits per heavy atom. The van der Waals surface area contributed by atoms with E-state index in [0.29, 0.717) is 12.8 Å². The van der Waals surface area contributed by atoms with Crippen LogP contribution in [0.5, 0.6) is 0 Å². The molecule has 3 rings (SSSR count). The largest absolute Gasteiger partial charge is 0.461 e. The van der Waals surface area contributed by atoms with Crippen molar-refractivity contribution >= 4 is 28.9 Å². The second-order valence-corrected chi connectivity index (χ2v) is 10.4. The first-order valence-corrected chi connectivity index (χ1v) is 12.8. The number of anilines is 1. The van der Waals surface area contributed by atoms with Gasteiger partial charge in [0.1, 0.15) is 24.5 Å². The van der Waals surface area contributed by atoms with Gasteiger partial charge in [-0.3, -0.25) is 14.2 Å². The third-order valence-corrected chi connectivity index (χ3v) is 6.16. The van der Waals surface area contributed by atoms with Gasteiger partial charge in [0.2, 0.25) is 0 Å². The highest BCUT2D eigenvalue weighted by molar-refractivity contribution is 5.81. The number of rotatable bonds is 12. The summed E-state index contributed by atoms with van der Waals surface area (Å²) in [5.74, 6) is 1.66. The molecule has 0 saturated carbocycles. The lowest BCUT2D eigenvalue weighted by Gasteiger charge is -2.26. The van der Waals surface area contributed by atoms with Gasteiger partial charge in [0, 0.05) is 19.3 Å². The van der Waals surface area contributed by atoms with Crippen molar-refractivity contribution in [1.29, 1.82) is 0 Å². The Morgan fingerprint density at radius 2 is 1.84 bits per heavy atom. The summed E-state index contributed by atoms with van der Waals surface area (Å²) in [6.45, 7) is 5.21. The van der Waals surface area contributed by atoms with Crippen LogP contribution in [0.1, 0.15) is 84.8 Å². The second-order valence-electron chi connectivity index (χ2n) is 10.4. The number of nitrogen functional groups attached to an aromatic ring is 1. The lowest BCUT2D eigenvalue weighted by atomic mass is 9.99. The molecule has 0 unspecified atom stereocenters. The molecule has 0 radical (unpaired) electrons. The van der Waals surface area contributed by atoms with Crippen LogP contribution in [0.2, 0.25) is 0 Å². The maximum Gasteiger partial charge on any atom is 0.312 e. The quantitative estimate of drug-likeness (QED) is 0.180. The number of aromatic nitrogens is 4. The van der Waals surface area contributed by atoms with Crippen LogP contribution in [-0.4, -0.2) is 60.5 Å². The number of nitrogens with zero attached hydrogens (tertiary/aromatic N) is 4. The van der Waals surface area contributed by atoms with Gasteiger partial charge < -0.3 is 25.1 Å². The van der Waals surface area contributed by atoms with Gasteiger partial charge in [-0.2, -0.15) is 14.4 Å². The fraction of sp³-hybridized carbons (Fsp3) is 0.654. The maximum absolute atomic E-state index is 13.7. The van der Waals surface area contributed by atoms with E-state index in [-0.39, 0.29) is 42.4 Å². The summed E-state index contributed by atoms with van der Waals surface area (Å²) in [4.78, 5) is 35.2. The minimum Gasteiger partial charge on any atom is -0.461 e. The van der Waals surface area contributed by atoms with Gasteiger partial charge in [-0.1, -0.05) is 31.6 Å². The number of halogens is 1. The van der Waals surface area contributed by atoms with Crippen LogP contribution in [0.25, 0.3) is 11.2 Å². The Bertz CT molecular complexity index is 1170. The lowest BCUT2D eigenvalue weighted by Crippen LogP contribution is -2.43. The Labute approximate surface area is 221 Å². The molecule has 0 aliphatic carbocycles. The summed E-state index contributed by atoms with van der Waals surface area (Å²) >= 11 is 0. The summed E-state index contributed by atoms with van der Waals surface area (Å²) < 4.78 is 31.7. The fourth-order valence-electron chi connectivity index (χ4n) is 4.24. The van der Waals surface area contributed by atoms with E-state index in [1.54, 1.807) is 0 Å². The molecule has 11 nitrogen and oxygen atoms in total. The lowest BCUT2D eigenvalue weighted by molar-refractivity contribution is -0.156. The molecular formula is C26H36FN5O6. The Morgan fingerprint density at radius 3 is 2.47 bits per heavy atom. The van der Waals surface area contributed by atoms with Crippen molar-refractivity contribution in [2.75, 3.05) is 12.3 Å². The number of hydrogen-bond donors (Lipinski definition) is 2. The molecule has 2 aromatic heterocycles. The van der Waals surface area contributed by atoms with Crippen LogP contribution >= 0.6 is 0 Å². The number of carbonyl (C=O) groups is 2. The van der Waals surface area contributed by atoms with E-state index in [2.05, 4.69) is 20.9 Å². The zero-order chi connectivity index (χ0) is 27.9. The topological polar surface area (TPSA) is 152 Å². The summed E-state index contributed by atoms with van der Waals surface area (Å²) in [5, 5.41) is 10.7. The zero-order valence-corrected chi connectivity index (χ0v) is 22.1. The number of esters is 2. The van der Waals surface area contributed by atoms with Crippen molar-refractivity contribution in [3.05, 3.63) is 12.4 Å². The summed E-state index contributed by atoms with van der Waals surface area (Å²) in [6.07, 6.45) is 9.77. The van der Waals surface area contributed by atoms with E-state index < -0.39 is 35.6 Å². The number of imidazole rings is 1. The number of nitrogens with two attached hydrogens (primary N) is 1. The van der Waals surface area contributed by atoms with E-state index in [9.17, 15) is 19.1 Å². The van der Waals surface area contributed by atoms with Crippen LogP contribution in [0, 0.1) is 18.4 Å². The van der Waals surface area contributed by atoms with E-state index >= 15 is 0 Å². The monoisotopic (exact) mass is 533 g/mol. The van der Waals surface area contributed by atoms with E-state index in [0.717, 1.165) is 32.1 Å². The first-order chi connectivity index (χ1) is 17.9. The predicted octanol–water partition coefficient (Wildman–Crippen LogP) is 3.21. The van der Waals surface area contributed by atoms with Crippen LogP contribution in [0.15, 0.2) is 6.33 Å². The predicted molar refractivity (Wildman–Crippen MR) is 136 cm³/mol. The molecule has 3 atom stereocenters. The van der Waals surface area contributed by atoms with Crippen molar-refractivity contribution in [1.82, 2.24) is 19.5 Å². The van der Waals surface area contributed by atoms with Gasteiger partial charge in [-0.05, 0) is 33.6 Å². The molecule has 38 heavy (non-hydrogen) atoms. The average molecular weight is 534 g/mol. The number of hydrogen-bond acceptors (Lipinski definition) is 10. The average Bonchev–Trinajstić information content (AvgIpc) is 3.39. The molecule has 12 heteroatoms. The molecule has 208 valence electrons. The number of terminal acetylenes is 1. The van der Waals surface area contributed by atoms with Crippen molar-refractivity contribution < 1.29 is 33.3 Å². The smallest absolute Gasteiger partial charge is 0.312 e. The van der Waals surface area contributed by atoms with Gasteiger partial charge in [-0.25, -0.2) is 4.98 Å². The second kappa shape index (κ2) is 12.5. The Hall–Kier alpha value is -3.30. The van der Waals surface area contributed by atoms with Gasteiger partial charge in [0.15, 0.2) is 22.6 Å². The van der Waals surface area contributed by atoms with E-state index in [1.165, 1.54) is 10.9 Å². The van der Waals surface area contributed by atoms with Gasteiger partial charge in [0.05, 0.1) is 6.33 Å². The van der Waals surface area contributed by atoms with Crippen LogP contribution in [-0.2, 0) is 23.8 Å². The molecule has 1 fully saturated rings. The highest BCUT2D eigenvalue weighted by Crippen LogP contribution is 2.38. The SMILES string of the molecule is C#C[C@]1(COC(=O)CCCCCCCCC(=O)OC(C)(C)C)O[C@@H](n2cnc3c(N)nc(F)nc32)C[C@@H]1O. The standard InChI is InChI=1S/C26H36FN5O6/c1-5-26(15-36-19(34)12-10-8-6-7-9-11-13-20(35)38-25(2,3)4)17(33)14-18(37-26)32-16-29-21-22(28)30-24(27)31-23(21)32/h1,16-18,33H,6-15H2,2-4H3,(H2,28,30,31)/t17-,18+,26+/m0/s1. The van der Waals surface area contributed by atoms with Gasteiger partial charge in [0.25, 0.3) is 0 Å². The summed E-state index contributed by atoms with van der Waals surface area (Å²) in [5.41, 5.74) is 3.96. The highest BCUT2D eigenvalue weighted by Gasteiger charge is 2.49. The molecular weight excluding hydrogens is 497 g/mol. The number of ether oxygens (including phenoxy) is 3. The molecule has 1 saturated heterocycles. The van der Waals surface area contributed by atoms with Crippen LogP contribution in [0.4, 0.5) is 10.2 Å². The summed E-state index contributed by atoms with van der Waals surface area (Å²) in [7, 11) is 0. The van der Waals surface area contributed by atoms with Crippen molar-refractivity contribution in [3.63, 3.8) is 0 Å². The minimum atomic E-state index is -1.57. The van der Waals surface area contributed by atoms with Crippen molar-refractivity contribution in [3.8, 4) is 12.3 Å². The Balaban J connectivity index is 1.39. The fourth-order valence-corrected chi connectivity index (χ4v) is 4.24. The van der Waals surface area contributed by atoms with Gasteiger partial charge in [-0.15, -0.1) is 6.42 Å². The zero-order valence-electron chi connectivity index (χ0n) is 22.1. The maximum atomic E-state index is 13.7. The number of unbranched alkanes of at least 4 members (excludes halogenated alkanes) is 5. The van der Waals surface area contributed by atoms with Crippen LogP contribution < -0.4 is 5.73 Å². The third kappa shape index (κ3) is 7.61. The molecule has 2 aromatic rings. The summed E-state index contributed by atoms with van der Waals surface area (Å²) in [6, 6.07) is 0. The minimum absolute atomic E-state index is 0.0483. The first-order valence-electron chi connectivity index (χ1n) is 12.8. The highest BCUT2D eigenvalue weighted by atomic mass is 19.1. The number of carbonyl (C=O) groups excluding carboxylic acids is 2. The molecule has 1 aliphatic rings. The van der Waals surface area contributed by atoms with Crippen molar-refractivity contribution in [2.24, 2.45) is 0 Å². The number of fused-ring (bicyclic) bond motifs is 1. The van der Waals surface area contributed by atoms with Gasteiger partial charge >= 0.3 is 18.0 Å². The van der Waals surface area contributed by atoms with Crippen molar-refractivity contribution in [2.45, 2.75) is 102 Å². The Kier molecular flexibility index (Phi) is 9.62. The van der Waals surface area contributed by atoms with E-state index in [4.69, 9.17) is 26.4 Å². The molecule has 3 N–H and O–H groups in total. The normalized spacial score (nSPS) is 21.4. The molecule has 0 bridgehead atoms. The number of aliphatic hydroxyl groups excluding tert-OH is 1. The first kappa shape index (κ1) is 29.3. The van der Waals surface area contributed by atoms with Crippen LogP contribution in [0.3, 0.4) is 0 Å². The molecule has 3 heterocycles. The molecule has 0 spiro atoms. The molecule has 1 aliphatic heterocycles. The third-order valence-electron chi connectivity index (χ3n) is 6.16. The van der Waals surface area contributed by atoms with E-state index in [1.807, 2.05) is 20.8 Å².